The lowest BCUT2D eigenvalue weighted by Crippen LogP contribution is -2.16. The van der Waals surface area contributed by atoms with Crippen molar-refractivity contribution in [1.82, 2.24) is 14.8 Å². The molecule has 0 saturated heterocycles. The van der Waals surface area contributed by atoms with Gasteiger partial charge in [0.05, 0.1) is 16.9 Å². The number of aryl methyl sites for hydroxylation is 1. The van der Waals surface area contributed by atoms with E-state index in [0.717, 1.165) is 10.5 Å². The second kappa shape index (κ2) is 11.4. The van der Waals surface area contributed by atoms with Gasteiger partial charge in [-0.05, 0) is 55.8 Å². The molecule has 15 heteroatoms. The van der Waals surface area contributed by atoms with Crippen LogP contribution in [-0.4, -0.2) is 26.6 Å². The van der Waals surface area contributed by atoms with E-state index in [1.165, 1.54) is 18.3 Å². The first-order valence-corrected chi connectivity index (χ1v) is 14.2. The van der Waals surface area contributed by atoms with Gasteiger partial charge < -0.3 is 20.2 Å². The van der Waals surface area contributed by atoms with Crippen molar-refractivity contribution < 1.29 is 31.9 Å². The molecule has 0 radical (unpaired) electrons. The van der Waals surface area contributed by atoms with Gasteiger partial charge in [0, 0.05) is 27.7 Å². The van der Waals surface area contributed by atoms with E-state index in [1.807, 2.05) is 6.92 Å². The maximum absolute atomic E-state index is 13.8. The van der Waals surface area contributed by atoms with E-state index in [-0.39, 0.29) is 38.7 Å². The van der Waals surface area contributed by atoms with Crippen molar-refractivity contribution in [2.75, 3.05) is 5.32 Å². The molecule has 9 nitrogen and oxygen atoms in total. The van der Waals surface area contributed by atoms with Crippen LogP contribution in [0.1, 0.15) is 44.3 Å². The highest BCUT2D eigenvalue weighted by Crippen LogP contribution is 2.44. The zero-order valence-electron chi connectivity index (χ0n) is 21.8. The summed E-state index contributed by atoms with van der Waals surface area (Å²) >= 11 is 10.1. The molecule has 218 valence electrons. The van der Waals surface area contributed by atoms with Gasteiger partial charge in [0.2, 0.25) is 0 Å². The first-order chi connectivity index (χ1) is 19.9. The number of nitrogens with two attached hydrogens (primary N) is 1. The SMILES string of the molecule is CCn1ncc(-c2cc(C(F)(F)F)nc3sc(C(N)=O)c(NC(=O)c4ccc(COc5ccc(Br)cc5Cl)o4)c23)c1C. The summed E-state index contributed by atoms with van der Waals surface area (Å²) in [7, 11) is 0. The molecule has 0 aliphatic rings. The lowest BCUT2D eigenvalue weighted by molar-refractivity contribution is -0.140. The van der Waals surface area contributed by atoms with Crippen LogP contribution in [0.15, 0.2) is 51.5 Å². The van der Waals surface area contributed by atoms with Crippen LogP contribution in [0.5, 0.6) is 5.75 Å². The number of anilines is 1. The zero-order chi connectivity index (χ0) is 30.3. The normalized spacial score (nSPS) is 11.7. The lowest BCUT2D eigenvalue weighted by Gasteiger charge is -2.12. The number of hydrogen-bond acceptors (Lipinski definition) is 7. The highest BCUT2D eigenvalue weighted by atomic mass is 79.9. The largest absolute Gasteiger partial charge is 0.484 e. The number of halogens is 5. The fourth-order valence-electron chi connectivity index (χ4n) is 4.27. The Labute approximate surface area is 253 Å². The number of amides is 2. The van der Waals surface area contributed by atoms with Crippen LogP contribution in [-0.2, 0) is 19.3 Å². The molecule has 3 N–H and O–H groups in total. The van der Waals surface area contributed by atoms with Crippen LogP contribution in [0, 0.1) is 6.92 Å². The van der Waals surface area contributed by atoms with E-state index >= 15 is 0 Å². The number of fused-ring (bicyclic) bond motifs is 1. The number of carbonyl (C=O) groups excluding carboxylic acids is 2. The molecule has 0 aliphatic carbocycles. The maximum atomic E-state index is 13.8. The van der Waals surface area contributed by atoms with Crippen molar-refractivity contribution in [3.05, 3.63) is 79.9 Å². The van der Waals surface area contributed by atoms with Crippen molar-refractivity contribution in [1.29, 1.82) is 0 Å². The van der Waals surface area contributed by atoms with Gasteiger partial charge in [-0.15, -0.1) is 11.3 Å². The van der Waals surface area contributed by atoms with E-state index in [4.69, 9.17) is 26.5 Å². The summed E-state index contributed by atoms with van der Waals surface area (Å²) in [4.78, 5) is 29.1. The number of pyridine rings is 1. The fourth-order valence-corrected chi connectivity index (χ4v) is 6.01. The number of thiophene rings is 1. The Kier molecular flexibility index (Phi) is 8.05. The molecule has 4 aromatic heterocycles. The molecular formula is C27H20BrClF3N5O4S. The summed E-state index contributed by atoms with van der Waals surface area (Å²) < 4.78 is 55.1. The number of alkyl halides is 3. The van der Waals surface area contributed by atoms with Crippen molar-refractivity contribution in [2.45, 2.75) is 33.2 Å². The van der Waals surface area contributed by atoms with Crippen molar-refractivity contribution >= 4 is 66.6 Å². The molecule has 42 heavy (non-hydrogen) atoms. The molecule has 4 heterocycles. The number of benzene rings is 1. The Morgan fingerprint density at radius 2 is 1.98 bits per heavy atom. The predicted octanol–water partition coefficient (Wildman–Crippen LogP) is 7.45. The second-order valence-electron chi connectivity index (χ2n) is 8.95. The highest BCUT2D eigenvalue weighted by Gasteiger charge is 2.35. The molecule has 0 bridgehead atoms. The Morgan fingerprint density at radius 3 is 2.62 bits per heavy atom. The summed E-state index contributed by atoms with van der Waals surface area (Å²) in [5, 5.41) is 7.34. The number of nitrogens with one attached hydrogen (secondary N) is 1. The predicted molar refractivity (Wildman–Crippen MR) is 155 cm³/mol. The van der Waals surface area contributed by atoms with Gasteiger partial charge in [0.15, 0.2) is 5.76 Å². The third kappa shape index (κ3) is 5.74. The van der Waals surface area contributed by atoms with Gasteiger partial charge in [0.1, 0.15) is 33.5 Å². The van der Waals surface area contributed by atoms with Gasteiger partial charge in [-0.3, -0.25) is 14.3 Å². The minimum atomic E-state index is -4.77. The van der Waals surface area contributed by atoms with E-state index in [1.54, 1.807) is 29.8 Å². The molecule has 0 atom stereocenters. The molecule has 0 spiro atoms. The van der Waals surface area contributed by atoms with Crippen LogP contribution < -0.4 is 15.8 Å². The molecule has 0 unspecified atom stereocenters. The van der Waals surface area contributed by atoms with E-state index in [0.29, 0.717) is 45.7 Å². The summed E-state index contributed by atoms with van der Waals surface area (Å²) in [6.45, 7) is 3.98. The van der Waals surface area contributed by atoms with Crippen LogP contribution in [0.25, 0.3) is 21.3 Å². The smallest absolute Gasteiger partial charge is 0.433 e. The lowest BCUT2D eigenvalue weighted by atomic mass is 10.0. The van der Waals surface area contributed by atoms with Gasteiger partial charge >= 0.3 is 6.18 Å². The summed E-state index contributed by atoms with van der Waals surface area (Å²) in [5.74, 6) is -1.16. The molecule has 0 aliphatic heterocycles. The Bertz CT molecular complexity index is 1850. The second-order valence-corrected chi connectivity index (χ2v) is 11.3. The quantitative estimate of drug-likeness (QED) is 0.175. The summed E-state index contributed by atoms with van der Waals surface area (Å²) in [6.07, 6.45) is -3.34. The molecular weight excluding hydrogens is 663 g/mol. The van der Waals surface area contributed by atoms with Crippen LogP contribution in [0.3, 0.4) is 0 Å². The van der Waals surface area contributed by atoms with E-state index < -0.39 is 23.7 Å². The number of furan rings is 1. The number of ether oxygens (including phenoxy) is 1. The monoisotopic (exact) mass is 681 g/mol. The van der Waals surface area contributed by atoms with Gasteiger partial charge in [0.25, 0.3) is 11.8 Å². The average molecular weight is 683 g/mol. The molecule has 0 fully saturated rings. The highest BCUT2D eigenvalue weighted by molar-refractivity contribution is 9.10. The average Bonchev–Trinajstić information content (AvgIpc) is 3.64. The Balaban J connectivity index is 1.53. The molecule has 2 amide bonds. The molecule has 0 saturated carbocycles. The van der Waals surface area contributed by atoms with E-state index in [9.17, 15) is 22.8 Å². The minimum Gasteiger partial charge on any atom is -0.484 e. The fraction of sp³-hybridized carbons (Fsp3) is 0.185. The molecule has 5 rings (SSSR count). The minimum absolute atomic E-state index is 0.0441. The number of hydrogen-bond donors (Lipinski definition) is 2. The first-order valence-electron chi connectivity index (χ1n) is 12.2. The van der Waals surface area contributed by atoms with Gasteiger partial charge in [-0.25, -0.2) is 4.98 Å². The zero-order valence-corrected chi connectivity index (χ0v) is 25.0. The Morgan fingerprint density at radius 1 is 1.21 bits per heavy atom. The van der Waals surface area contributed by atoms with Crippen molar-refractivity contribution in [3.8, 4) is 16.9 Å². The third-order valence-electron chi connectivity index (χ3n) is 6.26. The van der Waals surface area contributed by atoms with Gasteiger partial charge in [-0.1, -0.05) is 27.5 Å². The van der Waals surface area contributed by atoms with Crippen molar-refractivity contribution in [3.63, 3.8) is 0 Å². The number of primary amides is 1. The maximum Gasteiger partial charge on any atom is 0.433 e. The topological polar surface area (TPSA) is 125 Å². The van der Waals surface area contributed by atoms with Crippen LogP contribution >= 0.6 is 38.9 Å². The van der Waals surface area contributed by atoms with Crippen LogP contribution in [0.2, 0.25) is 5.02 Å². The molecule has 5 aromatic rings. The van der Waals surface area contributed by atoms with Crippen LogP contribution in [0.4, 0.5) is 18.9 Å². The number of carbonyl (C=O) groups is 2. The third-order valence-corrected chi connectivity index (χ3v) is 8.14. The van der Waals surface area contributed by atoms with Crippen molar-refractivity contribution in [2.24, 2.45) is 5.73 Å². The number of nitrogens with zero attached hydrogens (tertiary/aromatic N) is 3. The van der Waals surface area contributed by atoms with Gasteiger partial charge in [-0.2, -0.15) is 18.3 Å². The summed E-state index contributed by atoms with van der Waals surface area (Å²) in [6, 6.07) is 8.86. The Hall–Kier alpha value is -3.88. The first kappa shape index (κ1) is 29.6. The number of aromatic nitrogens is 3. The summed E-state index contributed by atoms with van der Waals surface area (Å²) in [5.41, 5.74) is 5.39. The standard InChI is InChI=1S/C27H20BrClF3N5O4S/c1-3-37-12(2)16(10-34-37)15-9-20(27(30,31)32)35-26-21(15)22(23(42-26)24(33)38)36-25(39)19-7-5-14(41-19)11-40-18-6-4-13(28)8-17(18)29/h4-10H,3,11H2,1-2H3,(H2,33,38)(H,36,39). The van der Waals surface area contributed by atoms with E-state index in [2.05, 4.69) is 31.3 Å². The molecule has 1 aromatic carbocycles. The number of rotatable bonds is 8.